The summed E-state index contributed by atoms with van der Waals surface area (Å²) in [5.74, 6) is 1.55. The molecule has 1 aromatic carbocycles. The number of carbonyl (C=O) groups excluding carboxylic acids is 1. The van der Waals surface area contributed by atoms with Crippen molar-refractivity contribution >= 4 is 28.3 Å². The molecule has 0 saturated carbocycles. The molecule has 140 valence electrons. The molecule has 3 rings (SSSR count). The summed E-state index contributed by atoms with van der Waals surface area (Å²) in [5, 5.41) is 0.791. The predicted molar refractivity (Wildman–Crippen MR) is 100 cm³/mol. The smallest absolute Gasteiger partial charge is 0.205 e. The summed E-state index contributed by atoms with van der Waals surface area (Å²) < 4.78 is 16.2. The fraction of sp³-hybridized carbons (Fsp3) is 0.389. The molecule has 0 amide bonds. The highest BCUT2D eigenvalue weighted by atomic mass is 35.5. The number of nitrogens with one attached hydrogen (secondary N) is 1. The van der Waals surface area contributed by atoms with Crippen LogP contribution in [-0.4, -0.2) is 49.0 Å². The second kappa shape index (κ2) is 6.99. The topological polar surface area (TPSA) is 89.8 Å². The SMILES string of the molecule is COc1cc2cc(C(=O)C3C=C(N)N(CCl)C3C)[nH]c2c(OC)c1OC. The van der Waals surface area contributed by atoms with E-state index in [1.165, 1.54) is 7.11 Å². The fourth-order valence-corrected chi connectivity index (χ4v) is 3.73. The molecule has 0 fully saturated rings. The van der Waals surface area contributed by atoms with Gasteiger partial charge in [0, 0.05) is 11.4 Å². The number of halogens is 1. The maximum atomic E-state index is 13.0. The normalized spacial score (nSPS) is 19.6. The maximum absolute atomic E-state index is 13.0. The zero-order chi connectivity index (χ0) is 19.0. The van der Waals surface area contributed by atoms with Gasteiger partial charge in [-0.15, -0.1) is 11.6 Å². The number of rotatable bonds is 6. The molecule has 2 unspecified atom stereocenters. The molecule has 2 atom stereocenters. The zero-order valence-electron chi connectivity index (χ0n) is 15.1. The Balaban J connectivity index is 2.06. The molecule has 0 radical (unpaired) electrons. The molecule has 2 heterocycles. The van der Waals surface area contributed by atoms with Gasteiger partial charge >= 0.3 is 0 Å². The van der Waals surface area contributed by atoms with Gasteiger partial charge in [-0.2, -0.15) is 0 Å². The van der Waals surface area contributed by atoms with Gasteiger partial charge < -0.3 is 29.8 Å². The van der Waals surface area contributed by atoms with Crippen LogP contribution in [-0.2, 0) is 0 Å². The number of H-pyrrole nitrogens is 1. The van der Waals surface area contributed by atoms with Gasteiger partial charge in [0.05, 0.1) is 50.3 Å². The lowest BCUT2D eigenvalue weighted by molar-refractivity contribution is 0.0907. The van der Waals surface area contributed by atoms with Crippen LogP contribution in [0.4, 0.5) is 0 Å². The Morgan fingerprint density at radius 2 is 1.92 bits per heavy atom. The summed E-state index contributed by atoms with van der Waals surface area (Å²) in [6.45, 7) is 1.93. The molecule has 1 aliphatic rings. The van der Waals surface area contributed by atoms with E-state index in [2.05, 4.69) is 4.98 Å². The predicted octanol–water partition coefficient (Wildman–Crippen LogP) is 2.69. The fourth-order valence-electron chi connectivity index (χ4n) is 3.38. The molecule has 7 nitrogen and oxygen atoms in total. The first-order valence-electron chi connectivity index (χ1n) is 8.12. The van der Waals surface area contributed by atoms with Crippen molar-refractivity contribution in [2.45, 2.75) is 13.0 Å². The molecule has 0 bridgehead atoms. The number of carbonyl (C=O) groups is 1. The number of alkyl halides is 1. The van der Waals surface area contributed by atoms with Crippen molar-refractivity contribution in [3.05, 3.63) is 29.7 Å². The number of aromatic nitrogens is 1. The van der Waals surface area contributed by atoms with E-state index >= 15 is 0 Å². The average molecular weight is 380 g/mol. The van der Waals surface area contributed by atoms with Crippen LogP contribution in [0.15, 0.2) is 24.0 Å². The van der Waals surface area contributed by atoms with Gasteiger partial charge in [-0.3, -0.25) is 4.79 Å². The molecule has 26 heavy (non-hydrogen) atoms. The standard InChI is InChI=1S/C18H22ClN3O4/c1-9-11(7-14(20)22(9)8-19)16(23)12-5-10-6-13(24-2)17(25-3)18(26-4)15(10)21-12/h5-7,9,11,21H,8,20H2,1-4H3. The molecule has 2 aromatic rings. The van der Waals surface area contributed by atoms with E-state index in [1.807, 2.05) is 6.92 Å². The van der Waals surface area contributed by atoms with E-state index in [-0.39, 0.29) is 23.7 Å². The van der Waals surface area contributed by atoms with Crippen molar-refractivity contribution in [3.63, 3.8) is 0 Å². The van der Waals surface area contributed by atoms with E-state index in [4.69, 9.17) is 31.5 Å². The van der Waals surface area contributed by atoms with Gasteiger partial charge in [-0.05, 0) is 25.1 Å². The van der Waals surface area contributed by atoms with Crippen LogP contribution in [0.25, 0.3) is 10.9 Å². The number of aromatic amines is 1. The molecule has 0 spiro atoms. The monoisotopic (exact) mass is 379 g/mol. The van der Waals surface area contributed by atoms with Gasteiger partial charge in [0.25, 0.3) is 0 Å². The lowest BCUT2D eigenvalue weighted by Crippen LogP contribution is -2.35. The summed E-state index contributed by atoms with van der Waals surface area (Å²) in [6, 6.07) is 3.71. The van der Waals surface area contributed by atoms with E-state index in [1.54, 1.807) is 37.3 Å². The number of ketones is 1. The summed E-state index contributed by atoms with van der Waals surface area (Å²) in [5.41, 5.74) is 7.11. The first-order valence-corrected chi connectivity index (χ1v) is 8.66. The Kier molecular flexibility index (Phi) is 4.91. The van der Waals surface area contributed by atoms with Crippen LogP contribution in [0.2, 0.25) is 0 Å². The number of benzene rings is 1. The number of hydrogen-bond donors (Lipinski definition) is 2. The number of nitrogens with two attached hydrogens (primary N) is 1. The van der Waals surface area contributed by atoms with E-state index in [0.717, 1.165) is 5.39 Å². The highest BCUT2D eigenvalue weighted by Crippen LogP contribution is 2.43. The third-order valence-corrected chi connectivity index (χ3v) is 5.07. The third kappa shape index (κ3) is 2.72. The Morgan fingerprint density at radius 3 is 2.46 bits per heavy atom. The Hall–Kier alpha value is -2.54. The van der Waals surface area contributed by atoms with Gasteiger partial charge in [0.2, 0.25) is 5.75 Å². The second-order valence-corrected chi connectivity index (χ2v) is 6.34. The third-order valence-electron chi connectivity index (χ3n) is 4.81. The molecule has 8 heteroatoms. The molecule has 1 aliphatic heterocycles. The van der Waals surface area contributed by atoms with Crippen LogP contribution >= 0.6 is 11.6 Å². The number of Topliss-reactive ketones (excluding diaryl/α,β-unsaturated/α-hetero) is 1. The van der Waals surface area contributed by atoms with Gasteiger partial charge in [0.1, 0.15) is 0 Å². The minimum atomic E-state index is -0.378. The van der Waals surface area contributed by atoms with Crippen molar-refractivity contribution in [2.75, 3.05) is 27.3 Å². The Bertz CT molecular complexity index is 877. The molecule has 0 aliphatic carbocycles. The molecule has 3 N–H and O–H groups in total. The summed E-state index contributed by atoms with van der Waals surface area (Å²) in [7, 11) is 4.63. The average Bonchev–Trinajstić information content (AvgIpc) is 3.19. The van der Waals surface area contributed by atoms with Crippen LogP contribution in [0.1, 0.15) is 17.4 Å². The van der Waals surface area contributed by atoms with E-state index in [0.29, 0.717) is 34.3 Å². The minimum absolute atomic E-state index is 0.0655. The Morgan fingerprint density at radius 1 is 1.23 bits per heavy atom. The molecular formula is C18H22ClN3O4. The largest absolute Gasteiger partial charge is 0.493 e. The second-order valence-electron chi connectivity index (χ2n) is 6.10. The van der Waals surface area contributed by atoms with Crippen LogP contribution in [0, 0.1) is 5.92 Å². The van der Waals surface area contributed by atoms with Crippen LogP contribution in [0.3, 0.4) is 0 Å². The maximum Gasteiger partial charge on any atom is 0.205 e. The first kappa shape index (κ1) is 18.3. The number of ether oxygens (including phenoxy) is 3. The van der Waals surface area contributed by atoms with E-state index < -0.39 is 0 Å². The van der Waals surface area contributed by atoms with Crippen molar-refractivity contribution < 1.29 is 19.0 Å². The minimum Gasteiger partial charge on any atom is -0.493 e. The quantitative estimate of drug-likeness (QED) is 0.455. The van der Waals surface area contributed by atoms with E-state index in [9.17, 15) is 4.79 Å². The zero-order valence-corrected chi connectivity index (χ0v) is 15.9. The summed E-state index contributed by atoms with van der Waals surface area (Å²) >= 11 is 5.93. The highest BCUT2D eigenvalue weighted by molar-refractivity contribution is 6.17. The van der Waals surface area contributed by atoms with Crippen LogP contribution in [0.5, 0.6) is 17.2 Å². The molecule has 1 aromatic heterocycles. The number of fused-ring (bicyclic) bond motifs is 1. The van der Waals surface area contributed by atoms with Crippen molar-refractivity contribution in [3.8, 4) is 17.2 Å². The van der Waals surface area contributed by atoms with Gasteiger partial charge in [-0.1, -0.05) is 0 Å². The summed E-state index contributed by atoms with van der Waals surface area (Å²) in [4.78, 5) is 18.0. The lowest BCUT2D eigenvalue weighted by atomic mass is 9.96. The Labute approximate surface area is 156 Å². The van der Waals surface area contributed by atoms with Crippen LogP contribution < -0.4 is 19.9 Å². The molecular weight excluding hydrogens is 358 g/mol. The number of methoxy groups -OCH3 is 3. The molecule has 0 saturated heterocycles. The number of nitrogens with zero attached hydrogens (tertiary/aromatic N) is 1. The highest BCUT2D eigenvalue weighted by Gasteiger charge is 2.35. The first-order chi connectivity index (χ1) is 12.5. The van der Waals surface area contributed by atoms with Crippen molar-refractivity contribution in [1.29, 1.82) is 0 Å². The van der Waals surface area contributed by atoms with Crippen molar-refractivity contribution in [2.24, 2.45) is 11.7 Å². The van der Waals surface area contributed by atoms with Gasteiger partial charge in [0.15, 0.2) is 17.3 Å². The summed E-state index contributed by atoms with van der Waals surface area (Å²) in [6.07, 6.45) is 1.75. The lowest BCUT2D eigenvalue weighted by Gasteiger charge is -2.25. The number of hydrogen-bond acceptors (Lipinski definition) is 6. The van der Waals surface area contributed by atoms with Gasteiger partial charge in [-0.25, -0.2) is 0 Å². The van der Waals surface area contributed by atoms with Crippen molar-refractivity contribution in [1.82, 2.24) is 9.88 Å².